The van der Waals surface area contributed by atoms with Crippen molar-refractivity contribution in [3.8, 4) is 5.69 Å². The molecule has 0 radical (unpaired) electrons. The molecule has 3 rings (SSSR count). The molecule has 0 bridgehead atoms. The Labute approximate surface area is 149 Å². The highest BCUT2D eigenvalue weighted by atomic mass is 16.1. The monoisotopic (exact) mass is 340 g/mol. The number of nitrogens with one attached hydrogen (secondary N) is 2. The van der Waals surface area contributed by atoms with Crippen LogP contribution < -0.4 is 10.6 Å². The maximum Gasteiger partial charge on any atom is 0.220 e. The molecule has 5 heteroatoms. The lowest BCUT2D eigenvalue weighted by Gasteiger charge is -2.27. The number of rotatable bonds is 7. The molecule has 0 aliphatic carbocycles. The summed E-state index contributed by atoms with van der Waals surface area (Å²) in [5.41, 5.74) is 2.18. The van der Waals surface area contributed by atoms with Crippen LogP contribution in [-0.4, -0.2) is 35.3 Å². The average molecular weight is 340 g/mol. The number of carbonyl (C=O) groups excluding carboxylic acids is 1. The summed E-state index contributed by atoms with van der Waals surface area (Å²) in [5, 5.41) is 10.8. The number of benzene rings is 1. The summed E-state index contributed by atoms with van der Waals surface area (Å²) in [6.07, 6.45) is 7.71. The van der Waals surface area contributed by atoms with Crippen LogP contribution in [0.1, 0.15) is 31.7 Å². The molecule has 1 aliphatic heterocycles. The molecular weight excluding hydrogens is 312 g/mol. The minimum Gasteiger partial charge on any atom is -0.356 e. The van der Waals surface area contributed by atoms with Gasteiger partial charge in [-0.3, -0.25) is 4.79 Å². The van der Waals surface area contributed by atoms with Gasteiger partial charge in [-0.2, -0.15) is 5.10 Å². The second kappa shape index (κ2) is 8.81. The third-order valence-electron chi connectivity index (χ3n) is 5.09. The van der Waals surface area contributed by atoms with Gasteiger partial charge in [0.2, 0.25) is 5.91 Å². The van der Waals surface area contributed by atoms with Crippen molar-refractivity contribution in [2.45, 2.75) is 32.6 Å². The topological polar surface area (TPSA) is 59.0 Å². The molecule has 134 valence electrons. The lowest BCUT2D eigenvalue weighted by molar-refractivity contribution is -0.122. The summed E-state index contributed by atoms with van der Waals surface area (Å²) in [4.78, 5) is 12.2. The predicted octanol–water partition coefficient (Wildman–Crippen LogP) is 2.56. The zero-order valence-corrected chi connectivity index (χ0v) is 14.9. The maximum atomic E-state index is 12.2. The standard InChI is InChI=1S/C20H28N4O/c1-16(18-8-10-21-11-9-18)13-20(25)22-12-7-17-14-23-24(15-17)19-5-3-2-4-6-19/h2-6,14-16,18,21H,7-13H2,1H3,(H,22,25). The first-order chi connectivity index (χ1) is 12.2. The van der Waals surface area contributed by atoms with Crippen molar-refractivity contribution in [3.63, 3.8) is 0 Å². The van der Waals surface area contributed by atoms with E-state index in [2.05, 4.69) is 22.7 Å². The number of hydrogen-bond donors (Lipinski definition) is 2. The quantitative estimate of drug-likeness (QED) is 0.814. The Morgan fingerprint density at radius 1 is 1.32 bits per heavy atom. The Balaban J connectivity index is 1.40. The van der Waals surface area contributed by atoms with Crippen molar-refractivity contribution in [2.75, 3.05) is 19.6 Å². The first-order valence-corrected chi connectivity index (χ1v) is 9.29. The van der Waals surface area contributed by atoms with E-state index in [0.29, 0.717) is 24.8 Å². The molecule has 0 spiro atoms. The molecule has 5 nitrogen and oxygen atoms in total. The molecule has 0 saturated carbocycles. The Kier molecular flexibility index (Phi) is 6.23. The molecule has 1 aliphatic rings. The number of carbonyl (C=O) groups is 1. The highest BCUT2D eigenvalue weighted by molar-refractivity contribution is 5.76. The van der Waals surface area contributed by atoms with Gasteiger partial charge >= 0.3 is 0 Å². The summed E-state index contributed by atoms with van der Waals surface area (Å²) in [6, 6.07) is 10.1. The summed E-state index contributed by atoms with van der Waals surface area (Å²) in [6.45, 7) is 5.04. The van der Waals surface area contributed by atoms with Crippen LogP contribution >= 0.6 is 0 Å². The van der Waals surface area contributed by atoms with Crippen molar-refractivity contribution in [1.29, 1.82) is 0 Å². The molecule has 1 unspecified atom stereocenters. The molecule has 2 aromatic rings. The lowest BCUT2D eigenvalue weighted by Crippen LogP contribution is -2.34. The fourth-order valence-corrected chi connectivity index (χ4v) is 3.50. The van der Waals surface area contributed by atoms with Gasteiger partial charge in [0.05, 0.1) is 11.9 Å². The molecule has 2 N–H and O–H groups in total. The normalized spacial score (nSPS) is 16.5. The number of hydrogen-bond acceptors (Lipinski definition) is 3. The second-order valence-corrected chi connectivity index (χ2v) is 7.00. The molecule has 1 aromatic heterocycles. The van der Waals surface area contributed by atoms with Crippen LogP contribution in [0.3, 0.4) is 0 Å². The van der Waals surface area contributed by atoms with E-state index in [-0.39, 0.29) is 5.91 Å². The maximum absolute atomic E-state index is 12.2. The van der Waals surface area contributed by atoms with Crippen molar-refractivity contribution >= 4 is 5.91 Å². The van der Waals surface area contributed by atoms with Crippen LogP contribution in [0.5, 0.6) is 0 Å². The van der Waals surface area contributed by atoms with Crippen molar-refractivity contribution in [2.24, 2.45) is 11.8 Å². The number of amides is 1. The fraction of sp³-hybridized carbons (Fsp3) is 0.500. The highest BCUT2D eigenvalue weighted by Gasteiger charge is 2.21. The minimum absolute atomic E-state index is 0.168. The van der Waals surface area contributed by atoms with E-state index in [9.17, 15) is 4.79 Å². The predicted molar refractivity (Wildman–Crippen MR) is 99.7 cm³/mol. The first kappa shape index (κ1) is 17.7. The van der Waals surface area contributed by atoms with E-state index in [0.717, 1.165) is 30.8 Å². The summed E-state index contributed by atoms with van der Waals surface area (Å²) < 4.78 is 1.87. The summed E-state index contributed by atoms with van der Waals surface area (Å²) in [7, 11) is 0. The van der Waals surface area contributed by atoms with Crippen molar-refractivity contribution in [3.05, 3.63) is 48.3 Å². The third-order valence-corrected chi connectivity index (χ3v) is 5.09. The van der Waals surface area contributed by atoms with E-state index in [1.54, 1.807) is 0 Å². The van der Waals surface area contributed by atoms with E-state index in [4.69, 9.17) is 0 Å². The van der Waals surface area contributed by atoms with Crippen LogP contribution in [0.2, 0.25) is 0 Å². The molecule has 1 atom stereocenters. The van der Waals surface area contributed by atoms with Crippen LogP contribution in [0.15, 0.2) is 42.7 Å². The summed E-state index contributed by atoms with van der Waals surface area (Å²) in [5.74, 6) is 1.31. The highest BCUT2D eigenvalue weighted by Crippen LogP contribution is 2.24. The molecule has 1 amide bonds. The SMILES string of the molecule is CC(CC(=O)NCCc1cnn(-c2ccccc2)c1)C1CCNCC1. The Hall–Kier alpha value is -2.14. The van der Waals surface area contributed by atoms with Gasteiger partial charge in [0.1, 0.15) is 0 Å². The van der Waals surface area contributed by atoms with Gasteiger partial charge in [-0.25, -0.2) is 4.68 Å². The van der Waals surface area contributed by atoms with Crippen molar-refractivity contribution in [1.82, 2.24) is 20.4 Å². The Morgan fingerprint density at radius 2 is 2.08 bits per heavy atom. The van der Waals surface area contributed by atoms with Gasteiger partial charge < -0.3 is 10.6 Å². The Morgan fingerprint density at radius 3 is 2.84 bits per heavy atom. The second-order valence-electron chi connectivity index (χ2n) is 7.00. The summed E-state index contributed by atoms with van der Waals surface area (Å²) >= 11 is 0. The molecule has 2 heterocycles. The van der Waals surface area contributed by atoms with E-state index >= 15 is 0 Å². The molecule has 1 aromatic carbocycles. The van der Waals surface area contributed by atoms with Crippen molar-refractivity contribution < 1.29 is 4.79 Å². The zero-order chi connectivity index (χ0) is 17.5. The molecular formula is C20H28N4O. The lowest BCUT2D eigenvalue weighted by atomic mass is 9.84. The largest absolute Gasteiger partial charge is 0.356 e. The molecule has 25 heavy (non-hydrogen) atoms. The number of aromatic nitrogens is 2. The van der Waals surface area contributed by atoms with Gasteiger partial charge in [-0.1, -0.05) is 25.1 Å². The third kappa shape index (κ3) is 5.16. The van der Waals surface area contributed by atoms with Crippen LogP contribution in [0.4, 0.5) is 0 Å². The van der Waals surface area contributed by atoms with Gasteiger partial charge in [-0.15, -0.1) is 0 Å². The van der Waals surface area contributed by atoms with Gasteiger partial charge in [0.25, 0.3) is 0 Å². The smallest absolute Gasteiger partial charge is 0.220 e. The molecule has 1 saturated heterocycles. The van der Waals surface area contributed by atoms with Gasteiger partial charge in [0, 0.05) is 19.2 Å². The molecule has 1 fully saturated rings. The fourth-order valence-electron chi connectivity index (χ4n) is 3.50. The first-order valence-electron chi connectivity index (χ1n) is 9.29. The van der Waals surface area contributed by atoms with Crippen LogP contribution in [-0.2, 0) is 11.2 Å². The van der Waals surface area contributed by atoms with Crippen LogP contribution in [0, 0.1) is 11.8 Å². The zero-order valence-electron chi connectivity index (χ0n) is 14.9. The van der Waals surface area contributed by atoms with E-state index in [1.807, 2.05) is 47.4 Å². The van der Waals surface area contributed by atoms with Gasteiger partial charge in [-0.05, 0) is 61.9 Å². The Bertz CT molecular complexity index is 661. The number of para-hydroxylation sites is 1. The number of nitrogens with zero attached hydrogens (tertiary/aromatic N) is 2. The van der Waals surface area contributed by atoms with E-state index in [1.165, 1.54) is 12.8 Å². The van der Waals surface area contributed by atoms with E-state index < -0.39 is 0 Å². The van der Waals surface area contributed by atoms with Crippen LogP contribution in [0.25, 0.3) is 5.69 Å². The minimum atomic E-state index is 0.168. The average Bonchev–Trinajstić information content (AvgIpc) is 3.12. The number of piperidine rings is 1. The van der Waals surface area contributed by atoms with Gasteiger partial charge in [0.15, 0.2) is 0 Å².